The number of cyclic esters (lactones) is 1. The van der Waals surface area contributed by atoms with Gasteiger partial charge in [0.2, 0.25) is 5.60 Å². The highest BCUT2D eigenvalue weighted by molar-refractivity contribution is 5.90. The van der Waals surface area contributed by atoms with Crippen molar-refractivity contribution in [2.45, 2.75) is 38.7 Å². The molecule has 0 aliphatic carbocycles. The van der Waals surface area contributed by atoms with Gasteiger partial charge in [-0.25, -0.2) is 28.1 Å². The van der Waals surface area contributed by atoms with Crippen molar-refractivity contribution in [3.05, 3.63) is 122 Å². The van der Waals surface area contributed by atoms with Gasteiger partial charge < -0.3 is 28.3 Å². The molecule has 4 heterocycles. The van der Waals surface area contributed by atoms with Crippen molar-refractivity contribution < 1.29 is 46.8 Å². The van der Waals surface area contributed by atoms with Crippen LogP contribution in [-0.4, -0.2) is 40.7 Å². The number of halogens is 2. The van der Waals surface area contributed by atoms with Crippen LogP contribution in [0.15, 0.2) is 71.5 Å². The van der Waals surface area contributed by atoms with Crippen molar-refractivity contribution in [3.8, 4) is 35.0 Å². The Morgan fingerprint density at radius 1 is 0.907 bits per heavy atom. The zero-order valence-corrected chi connectivity index (χ0v) is 28.3. The SMILES string of the molecule is CC[C@@]1(OC(=O)COc2ccc(C#N)c(F)c2)C(=O)OCc2c1cc1n(c2=O)Cc2c-1nc1ccccc1c2COC(=O)COc1ccc(C#N)c(F)c1. The van der Waals surface area contributed by atoms with E-state index >= 15 is 0 Å². The summed E-state index contributed by atoms with van der Waals surface area (Å²) in [7, 11) is 0. The second-order valence-corrected chi connectivity index (χ2v) is 12.2. The fourth-order valence-corrected chi connectivity index (χ4v) is 6.49. The zero-order chi connectivity index (χ0) is 38.1. The van der Waals surface area contributed by atoms with Crippen LogP contribution in [-0.2, 0) is 54.0 Å². The maximum absolute atomic E-state index is 14.1. The summed E-state index contributed by atoms with van der Waals surface area (Å²) in [4.78, 5) is 58.3. The smallest absolute Gasteiger partial charge is 0.355 e. The third kappa shape index (κ3) is 6.22. The summed E-state index contributed by atoms with van der Waals surface area (Å²) < 4.78 is 57.0. The second-order valence-electron chi connectivity index (χ2n) is 12.2. The number of aromatic nitrogens is 2. The van der Waals surface area contributed by atoms with Crippen LogP contribution in [0, 0.1) is 34.3 Å². The number of benzene rings is 3. The van der Waals surface area contributed by atoms with Gasteiger partial charge in [0.25, 0.3) is 5.56 Å². The van der Waals surface area contributed by atoms with E-state index in [-0.39, 0.29) is 59.9 Å². The van der Waals surface area contributed by atoms with Gasteiger partial charge in [-0.15, -0.1) is 0 Å². The van der Waals surface area contributed by atoms with Crippen LogP contribution >= 0.6 is 0 Å². The molecule has 0 spiro atoms. The highest BCUT2D eigenvalue weighted by atomic mass is 19.1. The van der Waals surface area contributed by atoms with Crippen molar-refractivity contribution in [1.82, 2.24) is 9.55 Å². The summed E-state index contributed by atoms with van der Waals surface area (Å²) in [5.74, 6) is -4.34. The maximum Gasteiger partial charge on any atom is 0.355 e. The summed E-state index contributed by atoms with van der Waals surface area (Å²) in [6.45, 7) is -0.285. The Balaban J connectivity index is 1.18. The second kappa shape index (κ2) is 14.1. The number of ether oxygens (including phenoxy) is 5. The zero-order valence-electron chi connectivity index (χ0n) is 28.3. The summed E-state index contributed by atoms with van der Waals surface area (Å²) in [5, 5.41) is 18.6. The molecule has 0 saturated carbocycles. The molecule has 270 valence electrons. The molecular formula is C39H26F2N4O9. The molecular weight excluding hydrogens is 706 g/mol. The lowest BCUT2D eigenvalue weighted by atomic mass is 9.85. The molecule has 2 aliphatic rings. The van der Waals surface area contributed by atoms with Gasteiger partial charge in [0, 0.05) is 34.2 Å². The number of rotatable bonds is 10. The Kier molecular flexibility index (Phi) is 9.23. The van der Waals surface area contributed by atoms with Gasteiger partial charge in [0.05, 0.1) is 40.1 Å². The molecule has 0 radical (unpaired) electrons. The minimum Gasteiger partial charge on any atom is -0.482 e. The Bertz CT molecular complexity index is 2560. The molecule has 1 atom stereocenters. The molecule has 0 amide bonds. The number of carbonyl (C=O) groups is 3. The summed E-state index contributed by atoms with van der Waals surface area (Å²) in [5.41, 5.74) is -0.364. The van der Waals surface area contributed by atoms with Gasteiger partial charge in [-0.2, -0.15) is 10.5 Å². The Hall–Kier alpha value is -7.13. The lowest BCUT2D eigenvalue weighted by Gasteiger charge is -2.35. The molecule has 15 heteroatoms. The van der Waals surface area contributed by atoms with Crippen LogP contribution in [0.2, 0.25) is 0 Å². The van der Waals surface area contributed by atoms with Crippen LogP contribution in [0.1, 0.15) is 46.7 Å². The number of nitriles is 2. The first-order chi connectivity index (χ1) is 26.1. The molecule has 2 aromatic heterocycles. The number of hydrogen-bond acceptors (Lipinski definition) is 12. The largest absolute Gasteiger partial charge is 0.482 e. The molecule has 5 aromatic rings. The molecule has 0 N–H and O–H groups in total. The van der Waals surface area contributed by atoms with E-state index in [4.69, 9.17) is 39.2 Å². The van der Waals surface area contributed by atoms with Crippen LogP contribution in [0.4, 0.5) is 8.78 Å². The van der Waals surface area contributed by atoms with E-state index in [1.807, 2.05) is 0 Å². The maximum atomic E-state index is 14.1. The molecule has 54 heavy (non-hydrogen) atoms. The molecule has 2 aliphatic heterocycles. The fraction of sp³-hybridized carbons (Fsp3) is 0.205. The van der Waals surface area contributed by atoms with Gasteiger partial charge in [0.15, 0.2) is 13.2 Å². The molecule has 3 aromatic carbocycles. The molecule has 0 unspecified atom stereocenters. The standard InChI is InChI=1S/C39H26F2N4O9/c1-2-39(54-35(47)20-51-24-10-8-22(15-43)31(41)12-24)29-13-33-36-26(16-45(33)37(48)28(29)18-53-38(39)49)27(25-5-3-4-6-32(25)44-36)17-52-34(46)19-50-23-9-7-21(14-42)30(40)11-23/h3-13H,2,16-20H2,1H3/t39-/m0/s1. The number of pyridine rings is 2. The van der Waals surface area contributed by atoms with Gasteiger partial charge >= 0.3 is 17.9 Å². The average Bonchev–Trinajstić information content (AvgIpc) is 3.54. The van der Waals surface area contributed by atoms with Gasteiger partial charge in [-0.3, -0.25) is 4.79 Å². The minimum absolute atomic E-state index is 0.0306. The third-order valence-corrected chi connectivity index (χ3v) is 9.18. The average molecular weight is 733 g/mol. The van der Waals surface area contributed by atoms with Crippen molar-refractivity contribution >= 4 is 28.8 Å². The topological polar surface area (TPSA) is 180 Å². The molecule has 0 saturated heterocycles. The molecule has 7 rings (SSSR count). The number of hydrogen-bond donors (Lipinski definition) is 0. The van der Waals surface area contributed by atoms with Crippen molar-refractivity contribution in [1.29, 1.82) is 10.5 Å². The Morgan fingerprint density at radius 2 is 1.56 bits per heavy atom. The van der Waals surface area contributed by atoms with Gasteiger partial charge in [-0.1, -0.05) is 25.1 Å². The third-order valence-electron chi connectivity index (χ3n) is 9.18. The summed E-state index contributed by atoms with van der Waals surface area (Å²) in [6.07, 6.45) is -0.116. The number of carbonyl (C=O) groups excluding carboxylic acids is 3. The minimum atomic E-state index is -2.03. The van der Waals surface area contributed by atoms with Gasteiger partial charge in [-0.05, 0) is 42.8 Å². The van der Waals surface area contributed by atoms with Gasteiger partial charge in [0.1, 0.15) is 48.5 Å². The lowest BCUT2D eigenvalue weighted by molar-refractivity contribution is -0.190. The van der Waals surface area contributed by atoms with Crippen LogP contribution in [0.3, 0.4) is 0 Å². The van der Waals surface area contributed by atoms with E-state index in [0.717, 1.165) is 12.1 Å². The lowest BCUT2D eigenvalue weighted by Crippen LogP contribution is -2.48. The highest BCUT2D eigenvalue weighted by Gasteiger charge is 2.50. The first kappa shape index (κ1) is 35.3. The summed E-state index contributed by atoms with van der Waals surface area (Å²) in [6, 6.07) is 19.1. The van der Waals surface area contributed by atoms with E-state index in [9.17, 15) is 28.0 Å². The van der Waals surface area contributed by atoms with Crippen LogP contribution in [0.5, 0.6) is 11.5 Å². The van der Waals surface area contributed by atoms with Crippen LogP contribution < -0.4 is 15.0 Å². The van der Waals surface area contributed by atoms with E-state index in [1.54, 1.807) is 49.4 Å². The van der Waals surface area contributed by atoms with E-state index in [2.05, 4.69) is 0 Å². The highest BCUT2D eigenvalue weighted by Crippen LogP contribution is 2.42. The number of para-hydroxylation sites is 1. The first-order valence-electron chi connectivity index (χ1n) is 16.4. The van der Waals surface area contributed by atoms with E-state index < -0.39 is 53.9 Å². The molecule has 13 nitrogen and oxygen atoms in total. The van der Waals surface area contributed by atoms with Crippen molar-refractivity contribution in [2.24, 2.45) is 0 Å². The monoisotopic (exact) mass is 732 g/mol. The van der Waals surface area contributed by atoms with E-state index in [0.29, 0.717) is 33.4 Å². The normalized spacial score (nSPS) is 15.2. The van der Waals surface area contributed by atoms with Crippen LogP contribution in [0.25, 0.3) is 22.3 Å². The van der Waals surface area contributed by atoms with E-state index in [1.165, 1.54) is 28.8 Å². The first-order valence-corrected chi connectivity index (χ1v) is 16.4. The Labute approximate surface area is 304 Å². The predicted octanol–water partition coefficient (Wildman–Crippen LogP) is 4.85. The Morgan fingerprint density at radius 3 is 2.19 bits per heavy atom. The van der Waals surface area contributed by atoms with Crippen molar-refractivity contribution in [2.75, 3.05) is 13.2 Å². The number of nitrogens with zero attached hydrogens (tertiary/aromatic N) is 4. The number of esters is 3. The number of fused-ring (bicyclic) bond motifs is 5. The molecule has 0 fully saturated rings. The summed E-state index contributed by atoms with van der Waals surface area (Å²) >= 11 is 0. The quantitative estimate of drug-likeness (QED) is 0.138. The van der Waals surface area contributed by atoms with Crippen molar-refractivity contribution in [3.63, 3.8) is 0 Å². The molecule has 0 bridgehead atoms. The predicted molar refractivity (Wildman–Crippen MR) is 181 cm³/mol. The fourth-order valence-electron chi connectivity index (χ4n) is 6.49.